The predicted molar refractivity (Wildman–Crippen MR) is 48.6 cm³/mol. The van der Waals surface area contributed by atoms with E-state index in [0.717, 1.165) is 6.92 Å². The van der Waals surface area contributed by atoms with Crippen molar-refractivity contribution in [1.82, 2.24) is 5.32 Å². The van der Waals surface area contributed by atoms with Gasteiger partial charge in [0.25, 0.3) is 0 Å². The van der Waals surface area contributed by atoms with Gasteiger partial charge in [0.2, 0.25) is 17.7 Å². The van der Waals surface area contributed by atoms with Crippen LogP contribution >= 0.6 is 0 Å². The van der Waals surface area contributed by atoms with Gasteiger partial charge >= 0.3 is 0 Å². The number of carbonyl (C=O) groups is 2. The Hall–Kier alpha value is -1.14. The molecule has 6 heteroatoms. The fourth-order valence-corrected chi connectivity index (χ4v) is 0.911. The van der Waals surface area contributed by atoms with Gasteiger partial charge < -0.3 is 21.3 Å². The molecular formula is C8H16N2O4. The lowest BCUT2D eigenvalue weighted by Gasteiger charge is -2.17. The van der Waals surface area contributed by atoms with Crippen molar-refractivity contribution in [1.29, 1.82) is 0 Å². The number of primary amides is 1. The fourth-order valence-electron chi connectivity index (χ4n) is 0.911. The summed E-state index contributed by atoms with van der Waals surface area (Å²) >= 11 is 0. The molecule has 0 saturated heterocycles. The van der Waals surface area contributed by atoms with Crippen LogP contribution in [0.3, 0.4) is 0 Å². The average Bonchev–Trinajstić information content (AvgIpc) is 1.94. The Bertz CT molecular complexity index is 210. The SMILES string of the molecule is CC(O)(O)NC(=O)CCCCC(N)=O. The molecule has 82 valence electrons. The number of nitrogens with two attached hydrogens (primary N) is 1. The first kappa shape index (κ1) is 12.9. The maximum atomic E-state index is 11.0. The maximum Gasteiger partial charge on any atom is 0.243 e. The molecule has 0 radical (unpaired) electrons. The van der Waals surface area contributed by atoms with Crippen molar-refractivity contribution < 1.29 is 19.8 Å². The second-order valence-electron chi connectivity index (χ2n) is 3.24. The molecule has 0 aliphatic rings. The van der Waals surface area contributed by atoms with Crippen LogP contribution in [0, 0.1) is 0 Å². The molecule has 0 unspecified atom stereocenters. The van der Waals surface area contributed by atoms with Crippen LogP contribution in [-0.4, -0.2) is 27.9 Å². The highest BCUT2D eigenvalue weighted by Gasteiger charge is 2.17. The fraction of sp³-hybridized carbons (Fsp3) is 0.750. The molecular weight excluding hydrogens is 188 g/mol. The van der Waals surface area contributed by atoms with Gasteiger partial charge in [0.1, 0.15) is 0 Å². The van der Waals surface area contributed by atoms with Crippen molar-refractivity contribution >= 4 is 11.8 Å². The van der Waals surface area contributed by atoms with Gasteiger partial charge in [0.05, 0.1) is 0 Å². The number of unbranched alkanes of at least 4 members (excludes halogenated alkanes) is 1. The molecule has 0 aromatic rings. The molecule has 14 heavy (non-hydrogen) atoms. The second-order valence-corrected chi connectivity index (χ2v) is 3.24. The van der Waals surface area contributed by atoms with Crippen LogP contribution in [0.2, 0.25) is 0 Å². The number of nitrogens with one attached hydrogen (secondary N) is 1. The monoisotopic (exact) mass is 204 g/mol. The summed E-state index contributed by atoms with van der Waals surface area (Å²) in [5.41, 5.74) is 4.89. The number of rotatable bonds is 6. The number of aliphatic hydroxyl groups is 2. The normalized spacial score (nSPS) is 11.1. The summed E-state index contributed by atoms with van der Waals surface area (Å²) in [4.78, 5) is 21.3. The Morgan fingerprint density at radius 1 is 1.29 bits per heavy atom. The average molecular weight is 204 g/mol. The molecule has 0 aromatic carbocycles. The van der Waals surface area contributed by atoms with E-state index >= 15 is 0 Å². The summed E-state index contributed by atoms with van der Waals surface area (Å²) in [5.74, 6) is -3.05. The number of amides is 2. The molecule has 0 atom stereocenters. The Morgan fingerprint density at radius 3 is 2.21 bits per heavy atom. The Labute approximate surface area is 82.1 Å². The Morgan fingerprint density at radius 2 is 1.79 bits per heavy atom. The van der Waals surface area contributed by atoms with Crippen molar-refractivity contribution in [3.05, 3.63) is 0 Å². The number of hydrogen-bond acceptors (Lipinski definition) is 4. The molecule has 0 spiro atoms. The van der Waals surface area contributed by atoms with Crippen LogP contribution in [0.4, 0.5) is 0 Å². The zero-order chi connectivity index (χ0) is 11.2. The van der Waals surface area contributed by atoms with Gasteiger partial charge in [0, 0.05) is 19.8 Å². The molecule has 5 N–H and O–H groups in total. The van der Waals surface area contributed by atoms with Gasteiger partial charge in [-0.2, -0.15) is 0 Å². The van der Waals surface area contributed by atoms with Crippen molar-refractivity contribution in [3.63, 3.8) is 0 Å². The van der Waals surface area contributed by atoms with Gasteiger partial charge in [-0.3, -0.25) is 9.59 Å². The van der Waals surface area contributed by atoms with Crippen LogP contribution in [0.5, 0.6) is 0 Å². The van der Waals surface area contributed by atoms with E-state index in [1.165, 1.54) is 0 Å². The summed E-state index contributed by atoms with van der Waals surface area (Å²) in [6.45, 7) is 1.05. The minimum Gasteiger partial charge on any atom is -0.370 e. The molecule has 0 aromatic heterocycles. The summed E-state index contributed by atoms with van der Waals surface area (Å²) in [6, 6.07) is 0. The first-order valence-corrected chi connectivity index (χ1v) is 4.35. The van der Waals surface area contributed by atoms with Gasteiger partial charge in [0.15, 0.2) is 0 Å². The van der Waals surface area contributed by atoms with E-state index in [9.17, 15) is 9.59 Å². The minimum atomic E-state index is -2.18. The van der Waals surface area contributed by atoms with Crippen LogP contribution < -0.4 is 11.1 Å². The van der Waals surface area contributed by atoms with Gasteiger partial charge in [-0.15, -0.1) is 0 Å². The van der Waals surface area contributed by atoms with Gasteiger partial charge in [-0.05, 0) is 12.8 Å². The molecule has 0 fully saturated rings. The Balaban J connectivity index is 3.50. The second kappa shape index (κ2) is 5.56. The molecule has 0 heterocycles. The molecule has 0 rings (SSSR count). The highest BCUT2D eigenvalue weighted by Crippen LogP contribution is 2.00. The maximum absolute atomic E-state index is 11.0. The van der Waals surface area contributed by atoms with Crippen molar-refractivity contribution in [3.8, 4) is 0 Å². The van der Waals surface area contributed by atoms with E-state index in [0.29, 0.717) is 12.8 Å². The lowest BCUT2D eigenvalue weighted by molar-refractivity contribution is -0.177. The third-order valence-electron chi connectivity index (χ3n) is 1.45. The zero-order valence-corrected chi connectivity index (χ0v) is 8.12. The summed E-state index contributed by atoms with van der Waals surface area (Å²) in [6.07, 6.45) is 1.40. The largest absolute Gasteiger partial charge is 0.370 e. The highest BCUT2D eigenvalue weighted by molar-refractivity contribution is 5.76. The summed E-state index contributed by atoms with van der Waals surface area (Å²) < 4.78 is 0. The standard InChI is InChI=1S/C8H16N2O4/c1-8(13,14)10-7(12)5-3-2-4-6(9)11/h13-14H,2-5H2,1H3,(H2,9,11)(H,10,12). The smallest absolute Gasteiger partial charge is 0.243 e. The van der Waals surface area contributed by atoms with Crippen LogP contribution in [0.1, 0.15) is 32.6 Å². The lowest BCUT2D eigenvalue weighted by atomic mass is 10.2. The first-order valence-electron chi connectivity index (χ1n) is 4.35. The third-order valence-corrected chi connectivity index (χ3v) is 1.45. The molecule has 0 aliphatic carbocycles. The predicted octanol–water partition coefficient (Wildman–Crippen LogP) is -1.19. The van der Waals surface area contributed by atoms with Crippen LogP contribution in [-0.2, 0) is 9.59 Å². The van der Waals surface area contributed by atoms with E-state index in [2.05, 4.69) is 0 Å². The van der Waals surface area contributed by atoms with Gasteiger partial charge in [-0.25, -0.2) is 0 Å². The van der Waals surface area contributed by atoms with Crippen molar-refractivity contribution in [2.24, 2.45) is 5.73 Å². The molecule has 6 nitrogen and oxygen atoms in total. The topological polar surface area (TPSA) is 113 Å². The van der Waals surface area contributed by atoms with Crippen molar-refractivity contribution in [2.45, 2.75) is 38.5 Å². The van der Waals surface area contributed by atoms with E-state index in [1.807, 2.05) is 5.32 Å². The van der Waals surface area contributed by atoms with E-state index in [1.54, 1.807) is 0 Å². The molecule has 0 aliphatic heterocycles. The van der Waals surface area contributed by atoms with E-state index in [4.69, 9.17) is 15.9 Å². The summed E-state index contributed by atoms with van der Waals surface area (Å²) in [5, 5.41) is 19.5. The molecule has 2 amide bonds. The van der Waals surface area contributed by atoms with Crippen LogP contribution in [0.15, 0.2) is 0 Å². The van der Waals surface area contributed by atoms with Crippen molar-refractivity contribution in [2.75, 3.05) is 0 Å². The highest BCUT2D eigenvalue weighted by atomic mass is 16.5. The zero-order valence-electron chi connectivity index (χ0n) is 8.12. The number of carbonyl (C=O) groups excluding carboxylic acids is 2. The van der Waals surface area contributed by atoms with Crippen LogP contribution in [0.25, 0.3) is 0 Å². The quantitative estimate of drug-likeness (QED) is 0.322. The van der Waals surface area contributed by atoms with Gasteiger partial charge in [-0.1, -0.05) is 0 Å². The molecule has 0 bridgehead atoms. The van der Waals surface area contributed by atoms with E-state index in [-0.39, 0.29) is 12.8 Å². The minimum absolute atomic E-state index is 0.143. The summed E-state index contributed by atoms with van der Waals surface area (Å²) in [7, 11) is 0. The lowest BCUT2D eigenvalue weighted by Crippen LogP contribution is -2.45. The third kappa shape index (κ3) is 8.95. The molecule has 0 saturated carbocycles. The number of hydrogen-bond donors (Lipinski definition) is 4. The Kier molecular flexibility index (Phi) is 5.11. The first-order chi connectivity index (χ1) is 6.31. The van der Waals surface area contributed by atoms with E-state index < -0.39 is 17.7 Å².